The molecule has 0 bridgehead atoms. The largest absolute Gasteiger partial charge is 1.00 e. The highest BCUT2D eigenvalue weighted by Gasteiger charge is 2.13. The Bertz CT molecular complexity index is 314. The highest BCUT2D eigenvalue weighted by atomic mass is 35.5. The lowest BCUT2D eigenvalue weighted by Gasteiger charge is -2.30. The van der Waals surface area contributed by atoms with Gasteiger partial charge in [-0.05, 0) is 19.1 Å². The van der Waals surface area contributed by atoms with E-state index < -0.39 is 0 Å². The Labute approximate surface area is 103 Å². The van der Waals surface area contributed by atoms with Gasteiger partial charge in [0, 0.05) is 26.2 Å². The van der Waals surface area contributed by atoms with Crippen molar-refractivity contribution in [2.45, 2.75) is 6.92 Å². The molecule has 1 aromatic carbocycles. The van der Waals surface area contributed by atoms with Gasteiger partial charge in [0.05, 0.1) is 12.3 Å². The number of hydrogen-bond acceptors (Lipinski definition) is 3. The molecule has 0 spiro atoms. The Morgan fingerprint density at radius 3 is 2.62 bits per heavy atom. The van der Waals surface area contributed by atoms with Crippen LogP contribution in [-0.4, -0.2) is 32.8 Å². The molecule has 0 aliphatic carbocycles. The number of halogens is 1. The maximum absolute atomic E-state index is 5.63. The number of nitrogens with zero attached hydrogens (tertiary/aromatic N) is 1. The van der Waals surface area contributed by atoms with Crippen LogP contribution in [0, 0.1) is 0 Å². The van der Waals surface area contributed by atoms with Gasteiger partial charge in [-0.3, -0.25) is 0 Å². The number of ether oxygens (including phenoxy) is 1. The van der Waals surface area contributed by atoms with Crippen LogP contribution >= 0.6 is 0 Å². The van der Waals surface area contributed by atoms with Gasteiger partial charge < -0.3 is 27.4 Å². The molecule has 1 heterocycles. The fourth-order valence-corrected chi connectivity index (χ4v) is 1.90. The zero-order chi connectivity index (χ0) is 10.5. The minimum atomic E-state index is 0. The summed E-state index contributed by atoms with van der Waals surface area (Å²) in [4.78, 5) is 2.38. The van der Waals surface area contributed by atoms with Crippen LogP contribution in [0.5, 0.6) is 5.75 Å². The third-order valence-electron chi connectivity index (χ3n) is 2.62. The second-order valence-electron chi connectivity index (χ2n) is 3.64. The molecule has 0 amide bonds. The van der Waals surface area contributed by atoms with Gasteiger partial charge in [-0.2, -0.15) is 0 Å². The SMILES string of the molecule is CCOc1ccccc1N1CCNCC1.[Cl-]. The van der Waals surface area contributed by atoms with E-state index in [0.717, 1.165) is 38.5 Å². The van der Waals surface area contributed by atoms with Crippen molar-refractivity contribution >= 4 is 5.69 Å². The standard InChI is InChI=1S/C12H18N2O.ClH/c1-2-15-12-6-4-3-5-11(12)14-9-7-13-8-10-14;/h3-6,13H,2,7-10H2,1H3;1H/p-1. The van der Waals surface area contributed by atoms with E-state index in [1.165, 1.54) is 5.69 Å². The molecule has 4 heteroatoms. The quantitative estimate of drug-likeness (QED) is 0.697. The summed E-state index contributed by atoms with van der Waals surface area (Å²) in [5.41, 5.74) is 1.22. The Balaban J connectivity index is 0.00000128. The van der Waals surface area contributed by atoms with E-state index in [9.17, 15) is 0 Å². The van der Waals surface area contributed by atoms with E-state index in [2.05, 4.69) is 22.3 Å². The Morgan fingerprint density at radius 2 is 1.94 bits per heavy atom. The number of hydrogen-bond donors (Lipinski definition) is 1. The molecule has 0 saturated carbocycles. The molecule has 0 aromatic heterocycles. The Morgan fingerprint density at radius 1 is 1.25 bits per heavy atom. The molecular weight excluding hydrogens is 224 g/mol. The minimum Gasteiger partial charge on any atom is -1.00 e. The van der Waals surface area contributed by atoms with Crippen LogP contribution < -0.4 is 27.4 Å². The van der Waals surface area contributed by atoms with Crippen LogP contribution in [0.4, 0.5) is 5.69 Å². The smallest absolute Gasteiger partial charge is 0.142 e. The molecule has 1 aliphatic heterocycles. The molecule has 90 valence electrons. The summed E-state index contributed by atoms with van der Waals surface area (Å²) in [5, 5.41) is 3.35. The van der Waals surface area contributed by atoms with Crippen LogP contribution in [0.1, 0.15) is 6.92 Å². The number of rotatable bonds is 3. The third-order valence-corrected chi connectivity index (χ3v) is 2.62. The summed E-state index contributed by atoms with van der Waals surface area (Å²) in [5.74, 6) is 1.00. The zero-order valence-electron chi connectivity index (χ0n) is 9.58. The predicted octanol–water partition coefficient (Wildman–Crippen LogP) is -1.50. The highest BCUT2D eigenvalue weighted by molar-refractivity contribution is 5.58. The normalized spacial score (nSPS) is 15.4. The molecule has 0 atom stereocenters. The molecular formula is C12H18ClN2O-. The fraction of sp³-hybridized carbons (Fsp3) is 0.500. The molecule has 0 radical (unpaired) electrons. The molecule has 16 heavy (non-hydrogen) atoms. The lowest BCUT2D eigenvalue weighted by Crippen LogP contribution is -3.00. The van der Waals surface area contributed by atoms with Crippen molar-refractivity contribution in [1.29, 1.82) is 0 Å². The van der Waals surface area contributed by atoms with Crippen molar-refractivity contribution in [3.05, 3.63) is 24.3 Å². The molecule has 1 saturated heterocycles. The van der Waals surface area contributed by atoms with E-state index >= 15 is 0 Å². The molecule has 1 fully saturated rings. The second kappa shape index (κ2) is 6.61. The monoisotopic (exact) mass is 241 g/mol. The van der Waals surface area contributed by atoms with Crippen LogP contribution in [0.2, 0.25) is 0 Å². The van der Waals surface area contributed by atoms with E-state index in [1.54, 1.807) is 0 Å². The lowest BCUT2D eigenvalue weighted by atomic mass is 10.2. The second-order valence-corrected chi connectivity index (χ2v) is 3.64. The summed E-state index contributed by atoms with van der Waals surface area (Å²) in [6, 6.07) is 8.27. The summed E-state index contributed by atoms with van der Waals surface area (Å²) in [7, 11) is 0. The van der Waals surface area contributed by atoms with E-state index in [-0.39, 0.29) is 12.4 Å². The molecule has 1 aliphatic rings. The average Bonchev–Trinajstić information content (AvgIpc) is 2.31. The van der Waals surface area contributed by atoms with Gasteiger partial charge in [-0.1, -0.05) is 12.1 Å². The number of piperazine rings is 1. The molecule has 2 rings (SSSR count). The number of benzene rings is 1. The van der Waals surface area contributed by atoms with Gasteiger partial charge in [0.1, 0.15) is 5.75 Å². The summed E-state index contributed by atoms with van der Waals surface area (Å²) in [6.45, 7) is 6.98. The van der Waals surface area contributed by atoms with Crippen LogP contribution in [0.25, 0.3) is 0 Å². The van der Waals surface area contributed by atoms with Gasteiger partial charge in [0.25, 0.3) is 0 Å². The molecule has 3 nitrogen and oxygen atoms in total. The topological polar surface area (TPSA) is 24.5 Å². The first-order valence-electron chi connectivity index (χ1n) is 5.59. The highest BCUT2D eigenvalue weighted by Crippen LogP contribution is 2.27. The number of nitrogens with one attached hydrogen (secondary N) is 1. The zero-order valence-corrected chi connectivity index (χ0v) is 10.3. The fourth-order valence-electron chi connectivity index (χ4n) is 1.90. The third kappa shape index (κ3) is 3.03. The predicted molar refractivity (Wildman–Crippen MR) is 62.7 cm³/mol. The molecule has 1 N–H and O–H groups in total. The first-order chi connectivity index (χ1) is 7.42. The van der Waals surface area contributed by atoms with E-state index in [1.807, 2.05) is 19.1 Å². The van der Waals surface area contributed by atoms with Crippen molar-refractivity contribution in [3.8, 4) is 5.75 Å². The van der Waals surface area contributed by atoms with Crippen LogP contribution in [0.15, 0.2) is 24.3 Å². The van der Waals surface area contributed by atoms with Gasteiger partial charge in [0.2, 0.25) is 0 Å². The Kier molecular flexibility index (Phi) is 5.43. The van der Waals surface area contributed by atoms with E-state index in [0.29, 0.717) is 0 Å². The molecule has 1 aromatic rings. The van der Waals surface area contributed by atoms with Crippen LogP contribution in [-0.2, 0) is 0 Å². The Hall–Kier alpha value is -0.930. The van der Waals surface area contributed by atoms with Crippen molar-refractivity contribution in [2.24, 2.45) is 0 Å². The summed E-state index contributed by atoms with van der Waals surface area (Å²) >= 11 is 0. The maximum Gasteiger partial charge on any atom is 0.142 e. The lowest BCUT2D eigenvalue weighted by molar-refractivity contribution is -0.00000362. The molecule has 0 unspecified atom stereocenters. The first-order valence-corrected chi connectivity index (χ1v) is 5.59. The number of anilines is 1. The van der Waals surface area contributed by atoms with Gasteiger partial charge >= 0.3 is 0 Å². The van der Waals surface area contributed by atoms with Gasteiger partial charge in [-0.25, -0.2) is 0 Å². The average molecular weight is 242 g/mol. The number of para-hydroxylation sites is 2. The van der Waals surface area contributed by atoms with E-state index in [4.69, 9.17) is 4.74 Å². The maximum atomic E-state index is 5.63. The van der Waals surface area contributed by atoms with Gasteiger partial charge in [0.15, 0.2) is 0 Å². The summed E-state index contributed by atoms with van der Waals surface area (Å²) < 4.78 is 5.63. The van der Waals surface area contributed by atoms with Crippen molar-refractivity contribution in [3.63, 3.8) is 0 Å². The van der Waals surface area contributed by atoms with Crippen molar-refractivity contribution in [2.75, 3.05) is 37.7 Å². The van der Waals surface area contributed by atoms with Crippen LogP contribution in [0.3, 0.4) is 0 Å². The minimum absolute atomic E-state index is 0. The van der Waals surface area contributed by atoms with Crippen molar-refractivity contribution < 1.29 is 17.1 Å². The van der Waals surface area contributed by atoms with Crippen molar-refractivity contribution in [1.82, 2.24) is 5.32 Å². The van der Waals surface area contributed by atoms with Gasteiger partial charge in [-0.15, -0.1) is 0 Å². The first kappa shape index (κ1) is 13.1. The summed E-state index contributed by atoms with van der Waals surface area (Å²) in [6.07, 6.45) is 0.